The number of carbonyl (C=O) groups is 1. The lowest BCUT2D eigenvalue weighted by atomic mass is 10.1. The van der Waals surface area contributed by atoms with Crippen LogP contribution >= 0.6 is 22.9 Å². The van der Waals surface area contributed by atoms with Gasteiger partial charge < -0.3 is 19.1 Å². The number of rotatable bonds is 8. The van der Waals surface area contributed by atoms with E-state index in [1.165, 1.54) is 12.1 Å². The Hall–Kier alpha value is -3.47. The zero-order valence-corrected chi connectivity index (χ0v) is 20.7. The van der Waals surface area contributed by atoms with Crippen LogP contribution in [0.15, 0.2) is 53.1 Å². The minimum Gasteiger partial charge on any atom is -0.456 e. The molecule has 4 aromatic rings. The molecule has 3 heterocycles. The van der Waals surface area contributed by atoms with Crippen molar-refractivity contribution < 1.29 is 28.3 Å². The summed E-state index contributed by atoms with van der Waals surface area (Å²) in [5.74, 6) is 1.13. The van der Waals surface area contributed by atoms with E-state index in [2.05, 4.69) is 28.0 Å². The standard InChI is InChI=1S/C25H21ClFN3O5S/c1-2-14-8-19(13-30-11-18(12-30)34-25(31)32)36-22(14)23-28-24(35-29-23)15-6-7-21(20(26)9-15)33-17-5-3-4-16(27)10-17/h3-10,18H,2,11-13H2,1H3,(H,31,32). The number of nitrogens with zero attached hydrogens (tertiary/aromatic N) is 3. The Morgan fingerprint density at radius 3 is 2.83 bits per heavy atom. The number of hydrogen-bond acceptors (Lipinski definition) is 8. The van der Waals surface area contributed by atoms with Crippen molar-refractivity contribution in [3.8, 4) is 33.7 Å². The zero-order valence-electron chi connectivity index (χ0n) is 19.1. The van der Waals surface area contributed by atoms with Gasteiger partial charge in [-0.05, 0) is 48.4 Å². The first-order valence-electron chi connectivity index (χ1n) is 11.2. The van der Waals surface area contributed by atoms with Gasteiger partial charge in [-0.3, -0.25) is 4.90 Å². The molecule has 5 rings (SSSR count). The van der Waals surface area contributed by atoms with Crippen molar-refractivity contribution in [3.63, 3.8) is 0 Å². The smallest absolute Gasteiger partial charge is 0.456 e. The number of ether oxygens (including phenoxy) is 2. The minimum atomic E-state index is -1.24. The molecule has 8 nitrogen and oxygen atoms in total. The van der Waals surface area contributed by atoms with Gasteiger partial charge in [0.25, 0.3) is 5.89 Å². The van der Waals surface area contributed by atoms with E-state index in [-0.39, 0.29) is 6.10 Å². The molecule has 1 fully saturated rings. The van der Waals surface area contributed by atoms with Crippen LogP contribution in [0.3, 0.4) is 0 Å². The highest BCUT2D eigenvalue weighted by molar-refractivity contribution is 7.15. The fraction of sp³-hybridized carbons (Fsp3) is 0.240. The molecule has 0 amide bonds. The topological polar surface area (TPSA) is 97.9 Å². The average Bonchev–Trinajstić information content (AvgIpc) is 3.46. The van der Waals surface area contributed by atoms with Gasteiger partial charge in [0.05, 0.1) is 9.90 Å². The predicted molar refractivity (Wildman–Crippen MR) is 132 cm³/mol. The third-order valence-electron chi connectivity index (χ3n) is 5.64. The van der Waals surface area contributed by atoms with Crippen LogP contribution in [0.1, 0.15) is 17.4 Å². The summed E-state index contributed by atoms with van der Waals surface area (Å²) in [6.07, 6.45) is -0.711. The van der Waals surface area contributed by atoms with Gasteiger partial charge in [0.1, 0.15) is 23.4 Å². The highest BCUT2D eigenvalue weighted by Crippen LogP contribution is 2.36. The van der Waals surface area contributed by atoms with Crippen LogP contribution in [0.2, 0.25) is 5.02 Å². The molecule has 0 saturated carbocycles. The Labute approximate surface area is 214 Å². The molecule has 2 aromatic carbocycles. The third kappa shape index (κ3) is 5.35. The Bertz CT molecular complexity index is 1400. The van der Waals surface area contributed by atoms with E-state index in [1.807, 2.05) is 0 Å². The molecule has 0 spiro atoms. The molecule has 0 radical (unpaired) electrons. The summed E-state index contributed by atoms with van der Waals surface area (Å²) in [6, 6.07) is 13.0. The predicted octanol–water partition coefficient (Wildman–Crippen LogP) is 6.49. The van der Waals surface area contributed by atoms with Crippen LogP contribution in [-0.4, -0.2) is 45.5 Å². The van der Waals surface area contributed by atoms with Crippen LogP contribution in [0.5, 0.6) is 11.5 Å². The second-order valence-corrected chi connectivity index (χ2v) is 9.79. The van der Waals surface area contributed by atoms with Gasteiger partial charge in [0.2, 0.25) is 5.82 Å². The third-order valence-corrected chi connectivity index (χ3v) is 7.10. The fourth-order valence-electron chi connectivity index (χ4n) is 3.91. The normalized spacial score (nSPS) is 14.0. The van der Waals surface area contributed by atoms with Gasteiger partial charge >= 0.3 is 6.16 Å². The summed E-state index contributed by atoms with van der Waals surface area (Å²) in [4.78, 5) is 19.4. The lowest BCUT2D eigenvalue weighted by Gasteiger charge is -2.37. The molecular formula is C25H21ClFN3O5S. The summed E-state index contributed by atoms with van der Waals surface area (Å²) in [5.41, 5.74) is 1.74. The van der Waals surface area contributed by atoms with Gasteiger partial charge in [0, 0.05) is 36.1 Å². The van der Waals surface area contributed by atoms with Gasteiger partial charge in [-0.2, -0.15) is 4.98 Å². The van der Waals surface area contributed by atoms with Crippen LogP contribution in [0.25, 0.3) is 22.2 Å². The van der Waals surface area contributed by atoms with Crippen molar-refractivity contribution in [3.05, 3.63) is 69.8 Å². The number of hydrogen-bond donors (Lipinski definition) is 1. The number of carboxylic acid groups (broad SMARTS) is 1. The summed E-state index contributed by atoms with van der Waals surface area (Å²) >= 11 is 7.98. The van der Waals surface area contributed by atoms with E-state index >= 15 is 0 Å². The number of benzene rings is 2. The van der Waals surface area contributed by atoms with Crippen molar-refractivity contribution in [1.29, 1.82) is 0 Å². The summed E-state index contributed by atoms with van der Waals surface area (Å²) in [5, 5.41) is 13.2. The molecule has 2 aromatic heterocycles. The molecule has 11 heteroatoms. The van der Waals surface area contributed by atoms with Crippen molar-refractivity contribution in [2.45, 2.75) is 26.0 Å². The lowest BCUT2D eigenvalue weighted by Crippen LogP contribution is -2.51. The van der Waals surface area contributed by atoms with Crippen LogP contribution in [0.4, 0.5) is 9.18 Å². The Morgan fingerprint density at radius 2 is 2.11 bits per heavy atom. The van der Waals surface area contributed by atoms with E-state index in [9.17, 15) is 9.18 Å². The molecule has 36 heavy (non-hydrogen) atoms. The van der Waals surface area contributed by atoms with Crippen molar-refractivity contribution >= 4 is 29.1 Å². The quantitative estimate of drug-likeness (QED) is 0.259. The molecule has 0 aliphatic carbocycles. The maximum atomic E-state index is 13.4. The van der Waals surface area contributed by atoms with Crippen LogP contribution < -0.4 is 4.74 Å². The van der Waals surface area contributed by atoms with Crippen molar-refractivity contribution in [1.82, 2.24) is 15.0 Å². The number of aryl methyl sites for hydroxylation is 1. The summed E-state index contributed by atoms with van der Waals surface area (Å²) in [6.45, 7) is 3.91. The number of likely N-dealkylation sites (tertiary alicyclic amines) is 1. The Morgan fingerprint density at radius 1 is 1.28 bits per heavy atom. The van der Waals surface area contributed by atoms with Crippen LogP contribution in [-0.2, 0) is 17.7 Å². The van der Waals surface area contributed by atoms with Gasteiger partial charge in [-0.25, -0.2) is 9.18 Å². The van der Waals surface area contributed by atoms with Gasteiger partial charge in [0.15, 0.2) is 0 Å². The monoisotopic (exact) mass is 529 g/mol. The zero-order chi connectivity index (χ0) is 25.2. The number of aromatic nitrogens is 2. The van der Waals surface area contributed by atoms with Crippen molar-refractivity contribution in [2.75, 3.05) is 13.1 Å². The fourth-order valence-corrected chi connectivity index (χ4v) is 5.35. The van der Waals surface area contributed by atoms with Gasteiger partial charge in [-0.1, -0.05) is 29.7 Å². The van der Waals surface area contributed by atoms with E-state index in [0.29, 0.717) is 53.4 Å². The van der Waals surface area contributed by atoms with Crippen molar-refractivity contribution in [2.24, 2.45) is 0 Å². The molecular weight excluding hydrogens is 509 g/mol. The SMILES string of the molecule is CCc1cc(CN2CC(OC(=O)O)C2)sc1-c1noc(-c2ccc(Oc3cccc(F)c3)c(Cl)c2)n1. The molecule has 0 atom stereocenters. The van der Waals surface area contributed by atoms with Crippen LogP contribution in [0, 0.1) is 5.82 Å². The summed E-state index contributed by atoms with van der Waals surface area (Å²) in [7, 11) is 0. The second-order valence-electron chi connectivity index (χ2n) is 8.25. The first-order chi connectivity index (χ1) is 17.4. The summed E-state index contributed by atoms with van der Waals surface area (Å²) < 4.78 is 29.4. The van der Waals surface area contributed by atoms with E-state index in [1.54, 1.807) is 41.7 Å². The Kier molecular flexibility index (Phi) is 6.90. The maximum absolute atomic E-state index is 13.4. The van der Waals surface area contributed by atoms with E-state index < -0.39 is 12.0 Å². The van der Waals surface area contributed by atoms with E-state index in [0.717, 1.165) is 21.7 Å². The van der Waals surface area contributed by atoms with Gasteiger partial charge in [-0.15, -0.1) is 11.3 Å². The largest absolute Gasteiger partial charge is 0.506 e. The van der Waals surface area contributed by atoms with E-state index in [4.69, 9.17) is 30.7 Å². The Balaban J connectivity index is 1.29. The average molecular weight is 530 g/mol. The second kappa shape index (κ2) is 10.3. The molecule has 1 aliphatic heterocycles. The maximum Gasteiger partial charge on any atom is 0.506 e. The molecule has 186 valence electrons. The molecule has 0 unspecified atom stereocenters. The highest BCUT2D eigenvalue weighted by atomic mass is 35.5. The molecule has 1 saturated heterocycles. The number of thiophene rings is 1. The lowest BCUT2D eigenvalue weighted by molar-refractivity contribution is -0.0359. The molecule has 1 N–H and O–H groups in total. The molecule has 0 bridgehead atoms. The molecule has 1 aliphatic rings. The first kappa shape index (κ1) is 24.2. The minimum absolute atomic E-state index is 0.273. The first-order valence-corrected chi connectivity index (χ1v) is 12.4. The number of halogens is 2. The highest BCUT2D eigenvalue weighted by Gasteiger charge is 2.30.